The molecule has 0 aromatic heterocycles. The van der Waals surface area contributed by atoms with Gasteiger partial charge in [-0.25, -0.2) is 0 Å². The van der Waals surface area contributed by atoms with E-state index in [0.29, 0.717) is 17.9 Å². The van der Waals surface area contributed by atoms with Crippen LogP contribution in [0.1, 0.15) is 52.9 Å². The van der Waals surface area contributed by atoms with Crippen LogP contribution >= 0.6 is 0 Å². The lowest BCUT2D eigenvalue weighted by Gasteiger charge is -2.20. The maximum absolute atomic E-state index is 9.85. The van der Waals surface area contributed by atoms with Crippen LogP contribution in [0.3, 0.4) is 0 Å². The second-order valence-corrected chi connectivity index (χ2v) is 6.00. The van der Waals surface area contributed by atoms with Crippen molar-refractivity contribution in [1.29, 1.82) is 0 Å². The fourth-order valence-corrected chi connectivity index (χ4v) is 2.06. The Labute approximate surface area is 94.0 Å². The molecule has 0 saturated heterocycles. The van der Waals surface area contributed by atoms with Crippen molar-refractivity contribution in [3.63, 3.8) is 0 Å². The summed E-state index contributed by atoms with van der Waals surface area (Å²) in [5, 5.41) is 9.85. The molecule has 0 radical (unpaired) electrons. The van der Waals surface area contributed by atoms with E-state index in [1.165, 1.54) is 25.7 Å². The Bertz CT molecular complexity index is 166. The molecule has 15 heavy (non-hydrogen) atoms. The Hall–Kier alpha value is -0.0800. The first-order chi connectivity index (χ1) is 6.99. The molecule has 1 fully saturated rings. The molecule has 1 aliphatic carbocycles. The molecule has 0 aliphatic heterocycles. The average Bonchev–Trinajstić information content (AvgIpc) is 2.63. The molecule has 2 heteroatoms. The number of aliphatic hydroxyl groups is 1. The minimum absolute atomic E-state index is 0.229. The molecule has 0 aromatic rings. The van der Waals surface area contributed by atoms with Gasteiger partial charge in [0, 0.05) is 6.61 Å². The Morgan fingerprint density at radius 3 is 2.40 bits per heavy atom. The zero-order chi connectivity index (χ0) is 11.3. The second kappa shape index (κ2) is 5.86. The monoisotopic (exact) mass is 214 g/mol. The number of aliphatic hydroxyl groups excluding tert-OH is 1. The second-order valence-electron chi connectivity index (χ2n) is 6.00. The van der Waals surface area contributed by atoms with Crippen molar-refractivity contribution in [3.8, 4) is 0 Å². The van der Waals surface area contributed by atoms with E-state index in [1.54, 1.807) is 0 Å². The van der Waals surface area contributed by atoms with Crippen molar-refractivity contribution in [2.45, 2.75) is 59.0 Å². The van der Waals surface area contributed by atoms with Gasteiger partial charge in [0.15, 0.2) is 0 Å². The molecule has 1 unspecified atom stereocenters. The van der Waals surface area contributed by atoms with Crippen LogP contribution in [-0.2, 0) is 4.74 Å². The molecule has 1 atom stereocenters. The van der Waals surface area contributed by atoms with Gasteiger partial charge in [-0.1, -0.05) is 33.6 Å². The van der Waals surface area contributed by atoms with Gasteiger partial charge in [0.2, 0.25) is 0 Å². The van der Waals surface area contributed by atoms with Crippen LogP contribution in [0, 0.1) is 11.3 Å². The van der Waals surface area contributed by atoms with Crippen molar-refractivity contribution >= 4 is 0 Å². The fourth-order valence-electron chi connectivity index (χ4n) is 2.06. The molecule has 0 spiro atoms. The molecular formula is C13H26O2. The van der Waals surface area contributed by atoms with Gasteiger partial charge in [0.1, 0.15) is 0 Å². The van der Waals surface area contributed by atoms with E-state index in [2.05, 4.69) is 20.8 Å². The Balaban J connectivity index is 2.04. The first kappa shape index (κ1) is 13.0. The highest BCUT2D eigenvalue weighted by molar-refractivity contribution is 4.74. The maximum Gasteiger partial charge on any atom is 0.0801 e. The summed E-state index contributed by atoms with van der Waals surface area (Å²) in [6, 6.07) is 0. The molecule has 1 N–H and O–H groups in total. The number of hydrogen-bond acceptors (Lipinski definition) is 2. The van der Waals surface area contributed by atoms with Crippen LogP contribution in [0.25, 0.3) is 0 Å². The lowest BCUT2D eigenvalue weighted by atomic mass is 9.93. The molecule has 1 aliphatic rings. The predicted octanol–water partition coefficient (Wildman–Crippen LogP) is 2.99. The lowest BCUT2D eigenvalue weighted by Crippen LogP contribution is -2.24. The zero-order valence-corrected chi connectivity index (χ0v) is 10.5. The summed E-state index contributed by atoms with van der Waals surface area (Å²) in [6.45, 7) is 7.94. The van der Waals surface area contributed by atoms with E-state index in [9.17, 15) is 5.11 Å². The normalized spacial score (nSPS) is 20.8. The van der Waals surface area contributed by atoms with E-state index >= 15 is 0 Å². The number of ether oxygens (including phenoxy) is 1. The standard InChI is InChI=1S/C13H26O2/c1-13(2,3)8-9-15-10-12(14)11-6-4-5-7-11/h11-12,14H,4-10H2,1-3H3. The van der Waals surface area contributed by atoms with Crippen molar-refractivity contribution in [2.75, 3.05) is 13.2 Å². The average molecular weight is 214 g/mol. The van der Waals surface area contributed by atoms with E-state index < -0.39 is 0 Å². The summed E-state index contributed by atoms with van der Waals surface area (Å²) >= 11 is 0. The molecule has 2 nitrogen and oxygen atoms in total. The molecule has 0 amide bonds. The minimum Gasteiger partial charge on any atom is -0.390 e. The summed E-state index contributed by atoms with van der Waals surface area (Å²) in [6.07, 6.45) is 5.76. The maximum atomic E-state index is 9.85. The van der Waals surface area contributed by atoms with E-state index in [1.807, 2.05) is 0 Å². The largest absolute Gasteiger partial charge is 0.390 e. The third-order valence-corrected chi connectivity index (χ3v) is 3.23. The summed E-state index contributed by atoms with van der Waals surface area (Å²) in [5.41, 5.74) is 0.332. The topological polar surface area (TPSA) is 29.5 Å². The molecule has 1 rings (SSSR count). The van der Waals surface area contributed by atoms with Gasteiger partial charge in [0.05, 0.1) is 12.7 Å². The van der Waals surface area contributed by atoms with Crippen molar-refractivity contribution < 1.29 is 9.84 Å². The van der Waals surface area contributed by atoms with Gasteiger partial charge >= 0.3 is 0 Å². The Morgan fingerprint density at radius 2 is 1.87 bits per heavy atom. The van der Waals surface area contributed by atoms with Crippen LogP contribution < -0.4 is 0 Å². The van der Waals surface area contributed by atoms with Crippen LogP contribution in [0.2, 0.25) is 0 Å². The fraction of sp³-hybridized carbons (Fsp3) is 1.00. The number of hydrogen-bond donors (Lipinski definition) is 1. The summed E-state index contributed by atoms with van der Waals surface area (Å²) in [7, 11) is 0. The SMILES string of the molecule is CC(C)(C)CCOCC(O)C1CCCC1. The third kappa shape index (κ3) is 5.53. The molecule has 1 saturated carbocycles. The Morgan fingerprint density at radius 1 is 1.27 bits per heavy atom. The van der Waals surface area contributed by atoms with Gasteiger partial charge < -0.3 is 9.84 Å². The van der Waals surface area contributed by atoms with E-state index in [-0.39, 0.29) is 6.10 Å². The highest BCUT2D eigenvalue weighted by Crippen LogP contribution is 2.27. The van der Waals surface area contributed by atoms with Gasteiger partial charge in [0.25, 0.3) is 0 Å². The highest BCUT2D eigenvalue weighted by atomic mass is 16.5. The predicted molar refractivity (Wildman–Crippen MR) is 62.9 cm³/mol. The highest BCUT2D eigenvalue weighted by Gasteiger charge is 2.23. The molecule has 0 bridgehead atoms. The van der Waals surface area contributed by atoms with Crippen molar-refractivity contribution in [2.24, 2.45) is 11.3 Å². The third-order valence-electron chi connectivity index (χ3n) is 3.23. The molecule has 90 valence electrons. The van der Waals surface area contributed by atoms with Gasteiger partial charge in [-0.15, -0.1) is 0 Å². The van der Waals surface area contributed by atoms with Crippen LogP contribution in [0.5, 0.6) is 0 Å². The van der Waals surface area contributed by atoms with E-state index in [0.717, 1.165) is 13.0 Å². The van der Waals surface area contributed by atoms with E-state index in [4.69, 9.17) is 4.74 Å². The smallest absolute Gasteiger partial charge is 0.0801 e. The van der Waals surface area contributed by atoms with Crippen LogP contribution in [0.15, 0.2) is 0 Å². The molecule has 0 aromatic carbocycles. The van der Waals surface area contributed by atoms with Crippen LogP contribution in [-0.4, -0.2) is 24.4 Å². The minimum atomic E-state index is -0.229. The quantitative estimate of drug-likeness (QED) is 0.713. The Kier molecular flexibility index (Phi) is 5.07. The summed E-state index contributed by atoms with van der Waals surface area (Å²) in [5.74, 6) is 0.500. The van der Waals surface area contributed by atoms with Gasteiger partial charge in [-0.2, -0.15) is 0 Å². The molecular weight excluding hydrogens is 188 g/mol. The number of rotatable bonds is 5. The lowest BCUT2D eigenvalue weighted by molar-refractivity contribution is -0.000476. The van der Waals surface area contributed by atoms with Crippen molar-refractivity contribution in [3.05, 3.63) is 0 Å². The summed E-state index contributed by atoms with van der Waals surface area (Å²) < 4.78 is 5.53. The van der Waals surface area contributed by atoms with Gasteiger partial charge in [-0.3, -0.25) is 0 Å². The van der Waals surface area contributed by atoms with Crippen LogP contribution in [0.4, 0.5) is 0 Å². The molecule has 0 heterocycles. The summed E-state index contributed by atoms with van der Waals surface area (Å²) in [4.78, 5) is 0. The first-order valence-electron chi connectivity index (χ1n) is 6.25. The first-order valence-corrected chi connectivity index (χ1v) is 6.25. The van der Waals surface area contributed by atoms with Gasteiger partial charge in [-0.05, 0) is 30.6 Å². The zero-order valence-electron chi connectivity index (χ0n) is 10.5. The van der Waals surface area contributed by atoms with Crippen molar-refractivity contribution in [1.82, 2.24) is 0 Å².